The molecule has 1 unspecified atom stereocenters. The third-order valence-corrected chi connectivity index (χ3v) is 3.86. The molecule has 0 saturated heterocycles. The summed E-state index contributed by atoms with van der Waals surface area (Å²) in [7, 11) is 2.00. The molecule has 0 aromatic heterocycles. The molecule has 20 heavy (non-hydrogen) atoms. The normalized spacial score (nSPS) is 16.2. The van der Waals surface area contributed by atoms with Crippen LogP contribution in [-0.2, 0) is 11.3 Å². The van der Waals surface area contributed by atoms with Gasteiger partial charge in [-0.2, -0.15) is 0 Å². The van der Waals surface area contributed by atoms with Crippen LogP contribution >= 0.6 is 11.6 Å². The molecule has 110 valence electrons. The maximum atomic E-state index is 11.9. The Morgan fingerprint density at radius 2 is 2.10 bits per heavy atom. The van der Waals surface area contributed by atoms with Crippen molar-refractivity contribution in [1.29, 1.82) is 0 Å². The Morgan fingerprint density at radius 1 is 1.45 bits per heavy atom. The van der Waals surface area contributed by atoms with Crippen molar-refractivity contribution in [2.75, 3.05) is 13.6 Å². The fourth-order valence-corrected chi connectivity index (χ4v) is 2.28. The van der Waals surface area contributed by atoms with Gasteiger partial charge in [0.05, 0.1) is 0 Å². The van der Waals surface area contributed by atoms with Crippen molar-refractivity contribution < 1.29 is 4.79 Å². The molecule has 2 rings (SSSR count). The van der Waals surface area contributed by atoms with Crippen LogP contribution < -0.4 is 11.1 Å². The van der Waals surface area contributed by atoms with Crippen LogP contribution in [0.1, 0.15) is 24.8 Å². The molecule has 0 radical (unpaired) electrons. The van der Waals surface area contributed by atoms with Gasteiger partial charge in [-0.1, -0.05) is 23.7 Å². The average Bonchev–Trinajstić information content (AvgIpc) is 3.22. The van der Waals surface area contributed by atoms with Crippen LogP contribution in [-0.4, -0.2) is 36.5 Å². The number of hydrogen-bond donors (Lipinski definition) is 2. The van der Waals surface area contributed by atoms with Gasteiger partial charge in [-0.15, -0.1) is 0 Å². The number of carbonyl (C=O) groups excluding carboxylic acids is 1. The van der Waals surface area contributed by atoms with Crippen LogP contribution in [0.2, 0.25) is 5.02 Å². The Kier molecular flexibility index (Phi) is 5.40. The summed E-state index contributed by atoms with van der Waals surface area (Å²) in [4.78, 5) is 14.0. The van der Waals surface area contributed by atoms with Crippen LogP contribution in [0.3, 0.4) is 0 Å². The van der Waals surface area contributed by atoms with Crippen LogP contribution in [0.4, 0.5) is 0 Å². The Hall–Kier alpha value is -1.10. The molecule has 1 aromatic rings. The molecule has 4 nitrogen and oxygen atoms in total. The van der Waals surface area contributed by atoms with Crippen molar-refractivity contribution in [1.82, 2.24) is 10.2 Å². The second-order valence-electron chi connectivity index (χ2n) is 5.48. The van der Waals surface area contributed by atoms with Gasteiger partial charge in [0, 0.05) is 36.6 Å². The third kappa shape index (κ3) is 4.78. The number of nitrogens with zero attached hydrogens (tertiary/aromatic N) is 1. The van der Waals surface area contributed by atoms with Crippen LogP contribution in [0.15, 0.2) is 24.3 Å². The number of halogens is 1. The summed E-state index contributed by atoms with van der Waals surface area (Å²) in [5.41, 5.74) is 6.97. The highest BCUT2D eigenvalue weighted by molar-refractivity contribution is 6.30. The molecular formula is C15H22ClN3O. The first-order chi connectivity index (χ1) is 9.58. The summed E-state index contributed by atoms with van der Waals surface area (Å²) >= 11 is 5.87. The predicted octanol–water partition coefficient (Wildman–Crippen LogP) is 1.77. The molecule has 1 aliphatic carbocycles. The van der Waals surface area contributed by atoms with Crippen molar-refractivity contribution in [3.05, 3.63) is 34.9 Å². The highest BCUT2D eigenvalue weighted by Gasteiger charge is 2.25. The molecule has 5 heteroatoms. The van der Waals surface area contributed by atoms with E-state index in [0.29, 0.717) is 19.0 Å². The molecule has 1 saturated carbocycles. The molecule has 0 heterocycles. The zero-order valence-corrected chi connectivity index (χ0v) is 12.6. The second-order valence-corrected chi connectivity index (χ2v) is 5.91. The topological polar surface area (TPSA) is 58.4 Å². The van der Waals surface area contributed by atoms with Crippen LogP contribution in [0, 0.1) is 0 Å². The number of nitrogens with two attached hydrogens (primary N) is 1. The quantitative estimate of drug-likeness (QED) is 0.806. The van der Waals surface area contributed by atoms with Crippen molar-refractivity contribution in [3.63, 3.8) is 0 Å². The van der Waals surface area contributed by atoms with Gasteiger partial charge in [0.1, 0.15) is 0 Å². The van der Waals surface area contributed by atoms with Gasteiger partial charge in [-0.3, -0.25) is 9.69 Å². The minimum Gasteiger partial charge on any atom is -0.353 e. The molecule has 1 aliphatic rings. The van der Waals surface area contributed by atoms with E-state index in [9.17, 15) is 4.79 Å². The number of likely N-dealkylation sites (N-methyl/N-ethyl adjacent to an activating group) is 1. The Balaban J connectivity index is 1.85. The lowest BCUT2D eigenvalue weighted by Gasteiger charge is -2.26. The average molecular weight is 296 g/mol. The molecule has 0 aliphatic heterocycles. The largest absolute Gasteiger partial charge is 0.353 e. The summed E-state index contributed by atoms with van der Waals surface area (Å²) in [6.07, 6.45) is 2.68. The smallest absolute Gasteiger partial charge is 0.221 e. The van der Waals surface area contributed by atoms with Gasteiger partial charge in [0.2, 0.25) is 5.91 Å². The number of nitrogens with one attached hydrogen (secondary N) is 1. The minimum atomic E-state index is 0.0597. The van der Waals surface area contributed by atoms with E-state index >= 15 is 0 Å². The molecule has 1 amide bonds. The van der Waals surface area contributed by atoms with Crippen molar-refractivity contribution in [2.24, 2.45) is 5.73 Å². The molecule has 1 atom stereocenters. The fraction of sp³-hybridized carbons (Fsp3) is 0.533. The molecule has 3 N–H and O–H groups in total. The zero-order chi connectivity index (χ0) is 14.5. The first-order valence-electron chi connectivity index (χ1n) is 7.02. The molecular weight excluding hydrogens is 274 g/mol. The Morgan fingerprint density at radius 3 is 2.65 bits per heavy atom. The standard InChI is InChI=1S/C15H22ClN3O/c1-19(10-11-2-4-12(16)5-3-11)14(9-17)8-15(20)18-13-6-7-13/h2-5,13-14H,6-10,17H2,1H3,(H,18,20). The SMILES string of the molecule is CN(Cc1ccc(Cl)cc1)C(CN)CC(=O)NC1CC1. The van der Waals surface area contributed by atoms with E-state index in [1.165, 1.54) is 0 Å². The number of hydrogen-bond acceptors (Lipinski definition) is 3. The van der Waals surface area contributed by atoms with Crippen molar-refractivity contribution in [3.8, 4) is 0 Å². The van der Waals surface area contributed by atoms with E-state index in [4.69, 9.17) is 17.3 Å². The molecule has 1 fully saturated rings. The number of amides is 1. The lowest BCUT2D eigenvalue weighted by atomic mass is 10.1. The van der Waals surface area contributed by atoms with Crippen LogP contribution in [0.25, 0.3) is 0 Å². The summed E-state index contributed by atoms with van der Waals surface area (Å²) in [5, 5.41) is 3.74. The maximum Gasteiger partial charge on any atom is 0.221 e. The Bertz CT molecular complexity index is 445. The number of carbonyl (C=O) groups is 1. The van der Waals surface area contributed by atoms with Gasteiger partial charge in [-0.25, -0.2) is 0 Å². The fourth-order valence-electron chi connectivity index (χ4n) is 2.15. The van der Waals surface area contributed by atoms with E-state index in [2.05, 4.69) is 10.2 Å². The third-order valence-electron chi connectivity index (χ3n) is 3.60. The first-order valence-corrected chi connectivity index (χ1v) is 7.40. The van der Waals surface area contributed by atoms with E-state index in [0.717, 1.165) is 30.0 Å². The van der Waals surface area contributed by atoms with Gasteiger partial charge in [0.25, 0.3) is 0 Å². The summed E-state index contributed by atoms with van der Waals surface area (Å²) in [5.74, 6) is 0.103. The zero-order valence-electron chi connectivity index (χ0n) is 11.8. The highest BCUT2D eigenvalue weighted by atomic mass is 35.5. The van der Waals surface area contributed by atoms with Gasteiger partial charge >= 0.3 is 0 Å². The van der Waals surface area contributed by atoms with E-state index in [-0.39, 0.29) is 11.9 Å². The van der Waals surface area contributed by atoms with Crippen molar-refractivity contribution in [2.45, 2.75) is 37.9 Å². The monoisotopic (exact) mass is 295 g/mol. The first kappa shape index (κ1) is 15.3. The van der Waals surface area contributed by atoms with Crippen LogP contribution in [0.5, 0.6) is 0 Å². The lowest BCUT2D eigenvalue weighted by molar-refractivity contribution is -0.122. The summed E-state index contributed by atoms with van der Waals surface area (Å²) in [6, 6.07) is 8.21. The maximum absolute atomic E-state index is 11.9. The summed E-state index contributed by atoms with van der Waals surface area (Å²) in [6.45, 7) is 1.23. The van der Waals surface area contributed by atoms with E-state index in [1.54, 1.807) is 0 Å². The van der Waals surface area contributed by atoms with Gasteiger partial charge in [-0.05, 0) is 37.6 Å². The molecule has 0 spiro atoms. The second kappa shape index (κ2) is 7.07. The predicted molar refractivity (Wildman–Crippen MR) is 81.5 cm³/mol. The van der Waals surface area contributed by atoms with E-state index < -0.39 is 0 Å². The number of benzene rings is 1. The summed E-state index contributed by atoms with van der Waals surface area (Å²) < 4.78 is 0. The van der Waals surface area contributed by atoms with Crippen molar-refractivity contribution >= 4 is 17.5 Å². The minimum absolute atomic E-state index is 0.0597. The highest BCUT2D eigenvalue weighted by Crippen LogP contribution is 2.19. The Labute approximate surface area is 125 Å². The van der Waals surface area contributed by atoms with E-state index in [1.807, 2.05) is 31.3 Å². The number of rotatable bonds is 7. The molecule has 0 bridgehead atoms. The molecule has 1 aromatic carbocycles. The van der Waals surface area contributed by atoms with Gasteiger partial charge < -0.3 is 11.1 Å². The van der Waals surface area contributed by atoms with Gasteiger partial charge in [0.15, 0.2) is 0 Å². The lowest BCUT2D eigenvalue weighted by Crippen LogP contribution is -2.41.